The first-order valence-electron chi connectivity index (χ1n) is 3.57. The second-order valence-corrected chi connectivity index (χ2v) is 2.80. The van der Waals surface area contributed by atoms with Gasteiger partial charge in [-0.2, -0.15) is 0 Å². The smallest absolute Gasteiger partial charge is 0.409 e. The number of nitrogens with two attached hydrogens (primary N) is 1. The van der Waals surface area contributed by atoms with Crippen molar-refractivity contribution in [2.24, 2.45) is 5.73 Å². The lowest BCUT2D eigenvalue weighted by molar-refractivity contribution is 0.0997. The summed E-state index contributed by atoms with van der Waals surface area (Å²) in [5.74, 6) is -2.30. The predicted molar refractivity (Wildman–Crippen MR) is 49.4 cm³/mol. The standard InChI is InChI=1S/C7H5ClFN3O3/c8-5-4(9)3(6(10)13)2(1-11-5)12-7(14)15/h1,12H,(H2,10,13)(H,14,15). The molecule has 0 fully saturated rings. The van der Waals surface area contributed by atoms with Crippen LogP contribution in [-0.2, 0) is 0 Å². The van der Waals surface area contributed by atoms with Crippen LogP contribution >= 0.6 is 11.6 Å². The first-order valence-corrected chi connectivity index (χ1v) is 3.95. The van der Waals surface area contributed by atoms with Crippen LogP contribution in [0.2, 0.25) is 5.15 Å². The highest BCUT2D eigenvalue weighted by molar-refractivity contribution is 6.30. The van der Waals surface area contributed by atoms with Crippen molar-refractivity contribution in [1.29, 1.82) is 0 Å². The van der Waals surface area contributed by atoms with Gasteiger partial charge in [-0.05, 0) is 0 Å². The Bertz CT molecular complexity index is 438. The summed E-state index contributed by atoms with van der Waals surface area (Å²) >= 11 is 5.30. The average molecular weight is 234 g/mol. The van der Waals surface area contributed by atoms with E-state index < -0.39 is 28.5 Å². The van der Waals surface area contributed by atoms with Crippen molar-refractivity contribution in [3.8, 4) is 0 Å². The number of nitrogens with zero attached hydrogens (tertiary/aromatic N) is 1. The molecule has 1 aromatic rings. The normalized spacial score (nSPS) is 9.73. The molecule has 0 aliphatic carbocycles. The molecule has 0 aliphatic rings. The molecule has 1 heterocycles. The number of pyridine rings is 1. The summed E-state index contributed by atoms with van der Waals surface area (Å²) in [6.45, 7) is 0. The minimum Gasteiger partial charge on any atom is -0.465 e. The van der Waals surface area contributed by atoms with E-state index in [9.17, 15) is 14.0 Å². The zero-order valence-electron chi connectivity index (χ0n) is 7.12. The maximum atomic E-state index is 13.2. The second-order valence-electron chi connectivity index (χ2n) is 2.45. The summed E-state index contributed by atoms with van der Waals surface area (Å²) in [6, 6.07) is 0. The lowest BCUT2D eigenvalue weighted by atomic mass is 10.2. The summed E-state index contributed by atoms with van der Waals surface area (Å²) in [7, 11) is 0. The Morgan fingerprint density at radius 2 is 2.20 bits per heavy atom. The van der Waals surface area contributed by atoms with Gasteiger partial charge in [0.2, 0.25) is 0 Å². The number of halogens is 2. The van der Waals surface area contributed by atoms with Crippen molar-refractivity contribution in [2.75, 3.05) is 5.32 Å². The molecule has 4 N–H and O–H groups in total. The first kappa shape index (κ1) is 11.2. The number of rotatable bonds is 2. The minimum absolute atomic E-state index is 0.350. The second kappa shape index (κ2) is 4.09. The maximum Gasteiger partial charge on any atom is 0.409 e. The van der Waals surface area contributed by atoms with Crippen molar-refractivity contribution >= 4 is 29.3 Å². The highest BCUT2D eigenvalue weighted by Gasteiger charge is 2.19. The molecule has 15 heavy (non-hydrogen) atoms. The molecular formula is C7H5ClFN3O3. The molecule has 0 radical (unpaired) electrons. The number of carbonyl (C=O) groups is 2. The van der Waals surface area contributed by atoms with Gasteiger partial charge in [0.05, 0.1) is 11.9 Å². The molecule has 0 saturated heterocycles. The van der Waals surface area contributed by atoms with E-state index in [1.54, 1.807) is 5.32 Å². The lowest BCUT2D eigenvalue weighted by Gasteiger charge is -2.07. The molecule has 0 aromatic carbocycles. The molecule has 6 nitrogen and oxygen atoms in total. The van der Waals surface area contributed by atoms with E-state index >= 15 is 0 Å². The lowest BCUT2D eigenvalue weighted by Crippen LogP contribution is -2.19. The van der Waals surface area contributed by atoms with E-state index in [0.717, 1.165) is 6.20 Å². The topological polar surface area (TPSA) is 105 Å². The fraction of sp³-hybridized carbons (Fsp3) is 0. The van der Waals surface area contributed by atoms with Crippen LogP contribution in [0.25, 0.3) is 0 Å². The van der Waals surface area contributed by atoms with Crippen LogP contribution in [0.4, 0.5) is 14.9 Å². The molecule has 1 aromatic heterocycles. The number of aromatic nitrogens is 1. The predicted octanol–water partition coefficient (Wildman–Crippen LogP) is 1.06. The van der Waals surface area contributed by atoms with Crippen LogP contribution in [0.15, 0.2) is 6.20 Å². The summed E-state index contributed by atoms with van der Waals surface area (Å²) in [4.78, 5) is 24.5. The van der Waals surface area contributed by atoms with Crippen LogP contribution in [0.5, 0.6) is 0 Å². The Hall–Kier alpha value is -1.89. The Kier molecular flexibility index (Phi) is 3.05. The Balaban J connectivity index is 3.33. The number of anilines is 1. The molecule has 0 atom stereocenters. The molecule has 2 amide bonds. The van der Waals surface area contributed by atoms with Gasteiger partial charge in [0, 0.05) is 0 Å². The Morgan fingerprint density at radius 3 is 2.67 bits per heavy atom. The summed E-state index contributed by atoms with van der Waals surface area (Å²) < 4.78 is 13.2. The van der Waals surface area contributed by atoms with Gasteiger partial charge in [0.1, 0.15) is 5.56 Å². The third-order valence-corrected chi connectivity index (χ3v) is 1.73. The number of primary amides is 1. The first-order chi connectivity index (χ1) is 6.93. The van der Waals surface area contributed by atoms with Crippen LogP contribution in [0, 0.1) is 5.82 Å². The zero-order valence-corrected chi connectivity index (χ0v) is 7.88. The van der Waals surface area contributed by atoms with Gasteiger partial charge in [-0.3, -0.25) is 10.1 Å². The molecule has 80 valence electrons. The molecule has 0 aliphatic heterocycles. The van der Waals surface area contributed by atoms with Crippen molar-refractivity contribution < 1.29 is 19.1 Å². The van der Waals surface area contributed by atoms with E-state index in [4.69, 9.17) is 22.4 Å². The van der Waals surface area contributed by atoms with Gasteiger partial charge in [-0.15, -0.1) is 0 Å². The number of nitrogens with one attached hydrogen (secondary N) is 1. The molecule has 0 unspecified atom stereocenters. The summed E-state index contributed by atoms with van der Waals surface area (Å²) in [5, 5.41) is 9.61. The van der Waals surface area contributed by atoms with Crippen molar-refractivity contribution in [2.45, 2.75) is 0 Å². The molecule has 1 rings (SSSR count). The average Bonchev–Trinajstić information content (AvgIpc) is 2.10. The minimum atomic E-state index is -1.47. The molecular weight excluding hydrogens is 229 g/mol. The van der Waals surface area contributed by atoms with E-state index in [1.165, 1.54) is 0 Å². The fourth-order valence-corrected chi connectivity index (χ4v) is 1.06. The number of hydrogen-bond donors (Lipinski definition) is 3. The third-order valence-electron chi connectivity index (χ3n) is 1.46. The van der Waals surface area contributed by atoms with Crippen molar-refractivity contribution in [3.63, 3.8) is 0 Å². The monoisotopic (exact) mass is 233 g/mol. The van der Waals surface area contributed by atoms with E-state index in [1.807, 2.05) is 0 Å². The quantitative estimate of drug-likeness (QED) is 0.664. The van der Waals surface area contributed by atoms with Crippen LogP contribution in [-0.4, -0.2) is 22.1 Å². The molecule has 0 spiro atoms. The molecule has 0 bridgehead atoms. The third kappa shape index (κ3) is 2.32. The number of carbonyl (C=O) groups excluding carboxylic acids is 1. The molecule has 8 heteroatoms. The zero-order chi connectivity index (χ0) is 11.6. The van der Waals surface area contributed by atoms with Crippen LogP contribution in [0.1, 0.15) is 10.4 Å². The van der Waals surface area contributed by atoms with Gasteiger partial charge in [0.15, 0.2) is 11.0 Å². The summed E-state index contributed by atoms with van der Waals surface area (Å²) in [6.07, 6.45) is -0.569. The van der Waals surface area contributed by atoms with E-state index in [-0.39, 0.29) is 5.69 Å². The fourth-order valence-electron chi connectivity index (χ4n) is 0.915. The molecule has 0 saturated carbocycles. The van der Waals surface area contributed by atoms with Crippen LogP contribution in [0.3, 0.4) is 0 Å². The highest BCUT2D eigenvalue weighted by atomic mass is 35.5. The summed E-state index contributed by atoms with van der Waals surface area (Å²) in [5.41, 5.74) is 3.87. The number of carboxylic acid groups (broad SMARTS) is 1. The Labute approximate surface area is 87.9 Å². The van der Waals surface area contributed by atoms with Gasteiger partial charge in [0.25, 0.3) is 5.91 Å². The number of amides is 2. The van der Waals surface area contributed by atoms with E-state index in [0.29, 0.717) is 0 Å². The highest BCUT2D eigenvalue weighted by Crippen LogP contribution is 2.22. The van der Waals surface area contributed by atoms with Gasteiger partial charge in [-0.25, -0.2) is 14.2 Å². The van der Waals surface area contributed by atoms with Gasteiger partial charge >= 0.3 is 6.09 Å². The maximum absolute atomic E-state index is 13.2. The van der Waals surface area contributed by atoms with Gasteiger partial charge < -0.3 is 10.8 Å². The van der Waals surface area contributed by atoms with E-state index in [2.05, 4.69) is 4.98 Å². The SMILES string of the molecule is NC(=O)c1c(NC(=O)O)cnc(Cl)c1F. The number of hydrogen-bond acceptors (Lipinski definition) is 3. The van der Waals surface area contributed by atoms with Crippen molar-refractivity contribution in [3.05, 3.63) is 22.7 Å². The Morgan fingerprint density at radius 1 is 1.60 bits per heavy atom. The van der Waals surface area contributed by atoms with Gasteiger partial charge in [-0.1, -0.05) is 11.6 Å². The largest absolute Gasteiger partial charge is 0.465 e. The van der Waals surface area contributed by atoms with Crippen molar-refractivity contribution in [1.82, 2.24) is 4.98 Å². The van der Waals surface area contributed by atoms with Crippen LogP contribution < -0.4 is 11.1 Å².